The summed E-state index contributed by atoms with van der Waals surface area (Å²) in [6.45, 7) is 0.222. The Morgan fingerprint density at radius 1 is 1.15 bits per heavy atom. The number of aromatic nitrogens is 1. The van der Waals surface area contributed by atoms with Gasteiger partial charge in [0.05, 0.1) is 11.1 Å². The van der Waals surface area contributed by atoms with Crippen molar-refractivity contribution in [3.63, 3.8) is 0 Å². The summed E-state index contributed by atoms with van der Waals surface area (Å²) in [5.41, 5.74) is -0.519. The zero-order valence-electron chi connectivity index (χ0n) is 13.6. The van der Waals surface area contributed by atoms with E-state index in [1.165, 1.54) is 12.1 Å². The number of anilines is 1. The van der Waals surface area contributed by atoms with Gasteiger partial charge in [0.25, 0.3) is 5.69 Å². The van der Waals surface area contributed by atoms with E-state index < -0.39 is 36.6 Å². The van der Waals surface area contributed by atoms with Crippen molar-refractivity contribution in [3.8, 4) is 0 Å². The summed E-state index contributed by atoms with van der Waals surface area (Å²) in [7, 11) is -4.09. The van der Waals surface area contributed by atoms with Crippen LogP contribution in [0.15, 0.2) is 35.4 Å². The predicted molar refractivity (Wildman–Crippen MR) is 91.2 cm³/mol. The van der Waals surface area contributed by atoms with Gasteiger partial charge >= 0.3 is 6.18 Å². The van der Waals surface area contributed by atoms with Gasteiger partial charge in [-0.05, 0) is 6.07 Å². The third kappa shape index (κ3) is 3.89. The minimum absolute atomic E-state index is 0.0185. The molecule has 0 unspecified atom stereocenters. The van der Waals surface area contributed by atoms with Crippen molar-refractivity contribution in [2.24, 2.45) is 0 Å². The first-order valence-corrected chi connectivity index (χ1v) is 9.88. The lowest BCUT2D eigenvalue weighted by molar-refractivity contribution is -0.387. The first-order valence-electron chi connectivity index (χ1n) is 7.62. The lowest BCUT2D eigenvalue weighted by Gasteiger charge is -2.33. The molecule has 1 saturated heterocycles. The van der Waals surface area contributed by atoms with Gasteiger partial charge in [-0.1, -0.05) is 23.5 Å². The van der Waals surface area contributed by atoms with Crippen LogP contribution in [0.1, 0.15) is 4.88 Å². The number of nitro benzene ring substituents is 1. The van der Waals surface area contributed by atoms with Crippen LogP contribution in [-0.4, -0.2) is 48.8 Å². The van der Waals surface area contributed by atoms with E-state index in [0.717, 1.165) is 22.6 Å². The van der Waals surface area contributed by atoms with Crippen LogP contribution in [0, 0.1) is 10.1 Å². The maximum absolute atomic E-state index is 12.7. The highest BCUT2D eigenvalue weighted by Gasteiger charge is 2.36. The quantitative estimate of drug-likeness (QED) is 0.555. The number of sulfonamides is 1. The SMILES string of the molecule is O=[N+]([O-])c1ccccc1S(=O)(=O)N1CCN(c2ncc(C(F)(F)F)s2)CC1. The molecule has 0 N–H and O–H groups in total. The molecule has 0 saturated carbocycles. The number of piperazine rings is 1. The number of hydrogen-bond donors (Lipinski definition) is 0. The number of nitrogens with zero attached hydrogens (tertiary/aromatic N) is 4. The molecule has 1 aliphatic rings. The van der Waals surface area contributed by atoms with Crippen molar-refractivity contribution in [2.75, 3.05) is 31.1 Å². The lowest BCUT2D eigenvalue weighted by Crippen LogP contribution is -2.48. The highest BCUT2D eigenvalue weighted by molar-refractivity contribution is 7.89. The average Bonchev–Trinajstić information content (AvgIpc) is 3.12. The standard InChI is InChI=1S/C14H13F3N4O4S2/c15-14(16,17)12-9-18-13(26-12)19-5-7-20(8-6-19)27(24,25)11-4-2-1-3-10(11)21(22)23/h1-4,9H,5-8H2. The van der Waals surface area contributed by atoms with E-state index in [0.29, 0.717) is 11.3 Å². The van der Waals surface area contributed by atoms with E-state index in [4.69, 9.17) is 0 Å². The molecule has 2 heterocycles. The van der Waals surface area contributed by atoms with E-state index in [1.807, 2.05) is 0 Å². The summed E-state index contributed by atoms with van der Waals surface area (Å²) in [5, 5.41) is 11.2. The second kappa shape index (κ2) is 7.05. The van der Waals surface area contributed by atoms with E-state index in [9.17, 15) is 31.7 Å². The summed E-state index contributed by atoms with van der Waals surface area (Å²) in [5.74, 6) is 0. The van der Waals surface area contributed by atoms with Gasteiger partial charge in [-0.15, -0.1) is 0 Å². The van der Waals surface area contributed by atoms with Gasteiger partial charge in [-0.3, -0.25) is 10.1 Å². The van der Waals surface area contributed by atoms with Crippen molar-refractivity contribution in [1.29, 1.82) is 0 Å². The largest absolute Gasteiger partial charge is 0.427 e. The summed E-state index contributed by atoms with van der Waals surface area (Å²) in [4.78, 5) is 14.4. The third-order valence-corrected chi connectivity index (χ3v) is 7.01. The Labute approximate surface area is 156 Å². The number of alkyl halides is 3. The zero-order valence-corrected chi connectivity index (χ0v) is 15.2. The smallest absolute Gasteiger partial charge is 0.345 e. The molecule has 3 rings (SSSR count). The Hall–Kier alpha value is -2.25. The normalized spacial score (nSPS) is 16.5. The summed E-state index contributed by atoms with van der Waals surface area (Å²) < 4.78 is 64.6. The van der Waals surface area contributed by atoms with Crippen LogP contribution in [0.5, 0.6) is 0 Å². The van der Waals surface area contributed by atoms with Crippen molar-refractivity contribution >= 4 is 32.2 Å². The van der Waals surface area contributed by atoms with Gasteiger partial charge in [0.1, 0.15) is 4.88 Å². The molecule has 8 nitrogen and oxygen atoms in total. The monoisotopic (exact) mass is 422 g/mol. The fraction of sp³-hybridized carbons (Fsp3) is 0.357. The minimum Gasteiger partial charge on any atom is -0.345 e. The van der Waals surface area contributed by atoms with Crippen LogP contribution in [0.4, 0.5) is 24.0 Å². The molecule has 0 radical (unpaired) electrons. The van der Waals surface area contributed by atoms with Gasteiger partial charge in [0, 0.05) is 32.2 Å². The van der Waals surface area contributed by atoms with Crippen LogP contribution in [0.3, 0.4) is 0 Å². The Morgan fingerprint density at radius 2 is 1.78 bits per heavy atom. The van der Waals surface area contributed by atoms with Gasteiger partial charge in [-0.25, -0.2) is 13.4 Å². The van der Waals surface area contributed by atoms with Crippen LogP contribution in [0.2, 0.25) is 0 Å². The first-order chi connectivity index (χ1) is 12.6. The van der Waals surface area contributed by atoms with Crippen molar-refractivity contribution in [1.82, 2.24) is 9.29 Å². The molecule has 2 aromatic rings. The number of benzene rings is 1. The Bertz CT molecular complexity index is 953. The summed E-state index contributed by atoms with van der Waals surface area (Å²) in [6.07, 6.45) is -3.73. The van der Waals surface area contributed by atoms with Crippen LogP contribution in [-0.2, 0) is 16.2 Å². The van der Waals surface area contributed by atoms with Crippen LogP contribution in [0.25, 0.3) is 0 Å². The Kier molecular flexibility index (Phi) is 5.10. The molecule has 0 amide bonds. The van der Waals surface area contributed by atoms with Crippen molar-refractivity contribution in [3.05, 3.63) is 45.5 Å². The molecule has 13 heteroatoms. The topological polar surface area (TPSA) is 96.6 Å². The van der Waals surface area contributed by atoms with Gasteiger partial charge in [-0.2, -0.15) is 17.5 Å². The maximum Gasteiger partial charge on any atom is 0.427 e. The summed E-state index contributed by atoms with van der Waals surface area (Å²) >= 11 is 0.490. The minimum atomic E-state index is -4.48. The fourth-order valence-corrected chi connectivity index (χ4v) is 5.04. The highest BCUT2D eigenvalue weighted by atomic mass is 32.2. The second-order valence-corrected chi connectivity index (χ2v) is 8.54. The second-order valence-electron chi connectivity index (χ2n) is 5.62. The molecule has 0 spiro atoms. The molecule has 0 atom stereocenters. The Balaban J connectivity index is 1.76. The van der Waals surface area contributed by atoms with E-state index in [2.05, 4.69) is 4.98 Å². The molecule has 146 valence electrons. The molecule has 1 aromatic heterocycles. The number of halogens is 3. The van der Waals surface area contributed by atoms with E-state index in [-0.39, 0.29) is 31.3 Å². The molecule has 1 aromatic carbocycles. The van der Waals surface area contributed by atoms with E-state index in [1.54, 1.807) is 4.90 Å². The van der Waals surface area contributed by atoms with E-state index >= 15 is 0 Å². The third-order valence-electron chi connectivity index (χ3n) is 3.96. The molecule has 1 fully saturated rings. The van der Waals surface area contributed by atoms with Gasteiger partial charge in [0.2, 0.25) is 10.0 Å². The number of rotatable bonds is 4. The fourth-order valence-electron chi connectivity index (χ4n) is 2.63. The number of thiazole rings is 1. The molecule has 0 aliphatic carbocycles. The first kappa shape index (κ1) is 19.5. The molecule has 0 bridgehead atoms. The van der Waals surface area contributed by atoms with Gasteiger partial charge in [0.15, 0.2) is 10.0 Å². The zero-order chi connectivity index (χ0) is 19.8. The maximum atomic E-state index is 12.7. The Morgan fingerprint density at radius 3 is 2.33 bits per heavy atom. The number of para-hydroxylation sites is 1. The highest BCUT2D eigenvalue weighted by Crippen LogP contribution is 2.36. The predicted octanol–water partition coefficient (Wildman–Crippen LogP) is 2.58. The molecular weight excluding hydrogens is 409 g/mol. The van der Waals surface area contributed by atoms with Crippen molar-refractivity contribution in [2.45, 2.75) is 11.1 Å². The average molecular weight is 422 g/mol. The number of hydrogen-bond acceptors (Lipinski definition) is 7. The lowest BCUT2D eigenvalue weighted by atomic mass is 10.3. The van der Waals surface area contributed by atoms with Crippen molar-refractivity contribution < 1.29 is 26.5 Å². The van der Waals surface area contributed by atoms with Crippen LogP contribution < -0.4 is 4.90 Å². The number of nitro groups is 1. The van der Waals surface area contributed by atoms with Gasteiger partial charge < -0.3 is 4.90 Å². The summed E-state index contributed by atoms with van der Waals surface area (Å²) in [6, 6.07) is 5.04. The molecule has 27 heavy (non-hydrogen) atoms. The molecular formula is C14H13F3N4O4S2. The van der Waals surface area contributed by atoms with Crippen LogP contribution >= 0.6 is 11.3 Å². The molecule has 1 aliphatic heterocycles.